The van der Waals surface area contributed by atoms with Crippen molar-refractivity contribution in [1.29, 1.82) is 0 Å². The number of furan rings is 1. The van der Waals surface area contributed by atoms with Gasteiger partial charge in [0.2, 0.25) is 0 Å². The molecule has 8 rings (SSSR count). The van der Waals surface area contributed by atoms with Crippen molar-refractivity contribution in [2.24, 2.45) is 0 Å². The smallest absolute Gasteiger partial charge is 0.120 e. The number of benzene rings is 5. The van der Waals surface area contributed by atoms with Crippen LogP contribution in [0.3, 0.4) is 0 Å². The van der Waals surface area contributed by atoms with E-state index in [4.69, 9.17) is 4.42 Å². The van der Waals surface area contributed by atoms with Crippen molar-refractivity contribution in [3.63, 3.8) is 0 Å². The summed E-state index contributed by atoms with van der Waals surface area (Å²) in [6.45, 7) is 2.23. The number of hydrogen-bond acceptors (Lipinski definition) is 3. The van der Waals surface area contributed by atoms with Gasteiger partial charge in [-0.05, 0) is 58.3 Å². The zero-order valence-corrected chi connectivity index (χ0v) is 28.3. The van der Waals surface area contributed by atoms with Crippen LogP contribution in [-0.4, -0.2) is 9.97 Å². The van der Waals surface area contributed by atoms with E-state index in [9.17, 15) is 0 Å². The fraction of sp³-hybridized carbons (Fsp3) is 0.0698. The predicted octanol–water partition coefficient (Wildman–Crippen LogP) is 10.7. The van der Waals surface area contributed by atoms with Crippen LogP contribution in [0.15, 0.2) is 162 Å². The van der Waals surface area contributed by atoms with Crippen LogP contribution in [0.2, 0.25) is 0 Å². The fourth-order valence-corrected chi connectivity index (χ4v) is 5.73. The zero-order chi connectivity index (χ0) is 31.1. The molecular weight excluding hydrogens is 753 g/mol. The van der Waals surface area contributed by atoms with Crippen molar-refractivity contribution < 1.29 is 24.5 Å². The summed E-state index contributed by atoms with van der Waals surface area (Å²) in [5.74, 6) is 0.363. The van der Waals surface area contributed by atoms with E-state index in [1.54, 1.807) is 0 Å². The second-order valence-corrected chi connectivity index (χ2v) is 11.3. The zero-order valence-electron chi connectivity index (χ0n) is 25.9. The van der Waals surface area contributed by atoms with Gasteiger partial charge in [0.25, 0.3) is 0 Å². The van der Waals surface area contributed by atoms with Gasteiger partial charge in [-0.15, -0.1) is 59.7 Å². The van der Waals surface area contributed by atoms with E-state index in [1.165, 1.54) is 22.3 Å². The third-order valence-corrected chi connectivity index (χ3v) is 8.23. The van der Waals surface area contributed by atoms with Gasteiger partial charge in [-0.2, -0.15) is 0 Å². The van der Waals surface area contributed by atoms with Crippen LogP contribution >= 0.6 is 0 Å². The van der Waals surface area contributed by atoms with E-state index in [0.29, 0.717) is 5.92 Å². The van der Waals surface area contributed by atoms with Gasteiger partial charge in [-0.1, -0.05) is 103 Å². The number of rotatable bonds is 6. The Morgan fingerprint density at radius 3 is 2.06 bits per heavy atom. The van der Waals surface area contributed by atoms with E-state index in [2.05, 4.69) is 114 Å². The molecule has 0 spiro atoms. The Bertz CT molecular complexity index is 2200. The van der Waals surface area contributed by atoms with E-state index in [0.717, 1.165) is 50.9 Å². The molecule has 0 N–H and O–H groups in total. The minimum Gasteiger partial charge on any atom is -0.500 e. The topological polar surface area (TPSA) is 38.9 Å². The molecule has 0 aliphatic heterocycles. The van der Waals surface area contributed by atoms with Crippen LogP contribution in [0, 0.1) is 12.1 Å². The Labute approximate surface area is 289 Å². The first kappa shape index (κ1) is 31.8. The third-order valence-electron chi connectivity index (χ3n) is 8.23. The standard InChI is InChI=1S/C24H16NO.C19H16N.Ir/c1-2-6-17(7-3-1)14-18-12-13-25-22(15-18)19-10-11-24-21(16-19)20-8-4-5-9-23(20)26-24;1-15(16-8-4-2-5-9-16)18-12-13-20-19(14-18)17-10-6-3-7-11-17;/h1-9,11-13,15-16H,14H2;2-10,12-15H,1H3;/q2*-1;. The van der Waals surface area contributed by atoms with Crippen molar-refractivity contribution in [3.8, 4) is 22.5 Å². The summed E-state index contributed by atoms with van der Waals surface area (Å²) in [6.07, 6.45) is 4.65. The van der Waals surface area contributed by atoms with Gasteiger partial charge in [0.1, 0.15) is 5.58 Å². The Morgan fingerprint density at radius 2 is 1.28 bits per heavy atom. The molecule has 3 nitrogen and oxygen atoms in total. The Balaban J connectivity index is 0.000000167. The number of aromatic nitrogens is 2. The van der Waals surface area contributed by atoms with Crippen LogP contribution in [0.1, 0.15) is 35.1 Å². The maximum absolute atomic E-state index is 5.89. The first-order valence-electron chi connectivity index (χ1n) is 15.5. The number of para-hydroxylation sites is 1. The molecular formula is C43H32IrN2O-2. The molecule has 0 bridgehead atoms. The average Bonchev–Trinajstić information content (AvgIpc) is 3.51. The van der Waals surface area contributed by atoms with E-state index in [1.807, 2.05) is 73.1 Å². The maximum Gasteiger partial charge on any atom is 0.120 e. The largest absolute Gasteiger partial charge is 0.500 e. The van der Waals surface area contributed by atoms with Crippen molar-refractivity contribution in [2.75, 3.05) is 0 Å². The summed E-state index contributed by atoms with van der Waals surface area (Å²) in [4.78, 5) is 9.02. The normalized spacial score (nSPS) is 11.3. The summed E-state index contributed by atoms with van der Waals surface area (Å²) in [7, 11) is 0. The van der Waals surface area contributed by atoms with Crippen molar-refractivity contribution >= 4 is 21.9 Å². The SMILES string of the molecule is CC(c1ccccc1)c1ccnc(-c2[c-]cccc2)c1.[Ir].[c-]1cc2oc3ccccc3c2cc1-c1cc(Cc2ccccc2)ccn1. The van der Waals surface area contributed by atoms with Gasteiger partial charge in [0.05, 0.1) is 5.58 Å². The first-order valence-corrected chi connectivity index (χ1v) is 15.5. The fourth-order valence-electron chi connectivity index (χ4n) is 5.73. The van der Waals surface area contributed by atoms with Crippen LogP contribution in [0.5, 0.6) is 0 Å². The molecule has 0 fully saturated rings. The number of pyridine rings is 2. The molecule has 0 aliphatic rings. The summed E-state index contributed by atoms with van der Waals surface area (Å²) in [5.41, 5.74) is 10.8. The third kappa shape index (κ3) is 7.47. The van der Waals surface area contributed by atoms with Gasteiger partial charge in [-0.25, -0.2) is 0 Å². The molecule has 5 aromatic carbocycles. The summed E-state index contributed by atoms with van der Waals surface area (Å²) in [6, 6.07) is 56.1. The quantitative estimate of drug-likeness (QED) is 0.158. The molecule has 0 saturated heterocycles. The van der Waals surface area contributed by atoms with Gasteiger partial charge in [0, 0.05) is 43.8 Å². The Hall–Kier alpha value is -5.15. The molecule has 1 unspecified atom stereocenters. The molecule has 3 heterocycles. The molecule has 1 atom stereocenters. The molecule has 1 radical (unpaired) electrons. The molecule has 3 aromatic heterocycles. The molecule has 0 aliphatic carbocycles. The van der Waals surface area contributed by atoms with Gasteiger partial charge >= 0.3 is 0 Å². The molecule has 4 heteroatoms. The number of nitrogens with zero attached hydrogens (tertiary/aromatic N) is 2. The van der Waals surface area contributed by atoms with E-state index >= 15 is 0 Å². The predicted molar refractivity (Wildman–Crippen MR) is 188 cm³/mol. The minimum atomic E-state index is 0. The Kier molecular flexibility index (Phi) is 10.1. The van der Waals surface area contributed by atoms with Crippen molar-refractivity contribution in [2.45, 2.75) is 19.3 Å². The number of hydrogen-bond donors (Lipinski definition) is 0. The van der Waals surface area contributed by atoms with Crippen LogP contribution in [-0.2, 0) is 26.5 Å². The van der Waals surface area contributed by atoms with Crippen LogP contribution in [0.4, 0.5) is 0 Å². The molecule has 0 saturated carbocycles. The first-order chi connectivity index (χ1) is 22.7. The second kappa shape index (κ2) is 15.0. The number of fused-ring (bicyclic) bond motifs is 3. The average molecular weight is 785 g/mol. The van der Waals surface area contributed by atoms with Gasteiger partial charge in [-0.3, -0.25) is 0 Å². The van der Waals surface area contributed by atoms with Crippen molar-refractivity contribution in [1.82, 2.24) is 9.97 Å². The summed E-state index contributed by atoms with van der Waals surface area (Å²) >= 11 is 0. The summed E-state index contributed by atoms with van der Waals surface area (Å²) in [5, 5.41) is 2.22. The molecule has 231 valence electrons. The van der Waals surface area contributed by atoms with E-state index < -0.39 is 0 Å². The molecule has 0 amide bonds. The molecule has 8 aromatic rings. The van der Waals surface area contributed by atoms with Crippen molar-refractivity contribution in [3.05, 3.63) is 192 Å². The van der Waals surface area contributed by atoms with Gasteiger partial charge in [0.15, 0.2) is 0 Å². The second-order valence-electron chi connectivity index (χ2n) is 11.3. The van der Waals surface area contributed by atoms with Crippen LogP contribution in [0.25, 0.3) is 44.5 Å². The van der Waals surface area contributed by atoms with E-state index in [-0.39, 0.29) is 20.1 Å². The molecule has 47 heavy (non-hydrogen) atoms. The van der Waals surface area contributed by atoms with Gasteiger partial charge < -0.3 is 14.4 Å². The Morgan fingerprint density at radius 1 is 0.574 bits per heavy atom. The van der Waals surface area contributed by atoms with Crippen LogP contribution < -0.4 is 0 Å². The monoisotopic (exact) mass is 785 g/mol. The maximum atomic E-state index is 5.89. The summed E-state index contributed by atoms with van der Waals surface area (Å²) < 4.78 is 5.89. The minimum absolute atomic E-state index is 0.